The van der Waals surface area contributed by atoms with Gasteiger partial charge in [-0.1, -0.05) is 13.8 Å². The molecule has 0 spiro atoms. The number of esters is 1. The fraction of sp³-hybridized carbons (Fsp3) is 0.875. The van der Waals surface area contributed by atoms with Crippen LogP contribution in [0.15, 0.2) is 12.3 Å². The predicted octanol–water partition coefficient (Wildman–Crippen LogP) is 4.85. The van der Waals surface area contributed by atoms with E-state index in [1.165, 1.54) is 51.7 Å². The number of carbonyl (C=O) groups is 1. The van der Waals surface area contributed by atoms with Gasteiger partial charge in [-0.15, -0.1) is 0 Å². The zero-order chi connectivity index (χ0) is 20.2. The van der Waals surface area contributed by atoms with Crippen molar-refractivity contribution >= 4 is 5.97 Å². The molecule has 8 atom stereocenters. The number of fused-ring (bicyclic) bond motifs is 5. The quantitative estimate of drug-likeness (QED) is 0.425. The zero-order valence-electron chi connectivity index (χ0n) is 18.1. The molecule has 4 fully saturated rings. The molecular weight excluding hydrogens is 352 g/mol. The second-order valence-corrected chi connectivity index (χ2v) is 10.9. The van der Waals surface area contributed by atoms with Crippen molar-refractivity contribution in [1.82, 2.24) is 0 Å². The molecule has 28 heavy (non-hydrogen) atoms. The van der Waals surface area contributed by atoms with Crippen LogP contribution in [0.1, 0.15) is 78.6 Å². The molecule has 0 radical (unpaired) electrons. The molecule has 158 valence electrons. The van der Waals surface area contributed by atoms with Crippen LogP contribution in [0.2, 0.25) is 0 Å². The van der Waals surface area contributed by atoms with Crippen molar-refractivity contribution in [2.24, 2.45) is 34.5 Å². The number of hydrogen-bond acceptors (Lipinski definition) is 4. The molecule has 0 heterocycles. The largest absolute Gasteiger partial charge is 0.497 e. The number of ether oxygens (including phenoxy) is 2. The molecule has 0 aromatic carbocycles. The Bertz CT molecular complexity index is 641. The molecule has 0 bridgehead atoms. The summed E-state index contributed by atoms with van der Waals surface area (Å²) in [6.07, 6.45) is 13.7. The highest BCUT2D eigenvalue weighted by Crippen LogP contribution is 2.67. The maximum atomic E-state index is 11.3. The summed E-state index contributed by atoms with van der Waals surface area (Å²) >= 11 is 0. The van der Waals surface area contributed by atoms with Gasteiger partial charge in [0.15, 0.2) is 0 Å². The highest BCUT2D eigenvalue weighted by Gasteiger charge is 2.61. The summed E-state index contributed by atoms with van der Waals surface area (Å²) in [4.78, 5) is 11.3. The van der Waals surface area contributed by atoms with Gasteiger partial charge in [0.2, 0.25) is 0 Å². The number of methoxy groups -OCH3 is 1. The molecule has 4 rings (SSSR count). The van der Waals surface area contributed by atoms with E-state index < -0.39 is 5.60 Å². The van der Waals surface area contributed by atoms with Crippen molar-refractivity contribution in [3.63, 3.8) is 0 Å². The standard InChI is InChI=1S/C24H38O4/c1-22(26)12-13-23(2)16(15-22)5-6-17-18-7-8-20(28-14-10-21(25)27-4)24(18,3)11-9-19(17)23/h10,14,16-20,26H,5-9,11-13,15H2,1-4H3/b14-10+/t16-,17-,18-,19-,20-,22-,23-,24-/m0/s1. The van der Waals surface area contributed by atoms with E-state index >= 15 is 0 Å². The third kappa shape index (κ3) is 3.20. The first-order valence-electron chi connectivity index (χ1n) is 11.3. The number of rotatable bonds is 3. The van der Waals surface area contributed by atoms with E-state index in [0.29, 0.717) is 11.3 Å². The molecule has 4 aliphatic rings. The molecule has 0 saturated heterocycles. The van der Waals surface area contributed by atoms with Crippen molar-refractivity contribution in [3.8, 4) is 0 Å². The third-order valence-corrected chi connectivity index (χ3v) is 9.51. The zero-order valence-corrected chi connectivity index (χ0v) is 18.1. The van der Waals surface area contributed by atoms with Gasteiger partial charge in [-0.3, -0.25) is 0 Å². The van der Waals surface area contributed by atoms with Crippen LogP contribution < -0.4 is 0 Å². The SMILES string of the molecule is COC(=O)/C=C/O[C@H]1CC[C@H]2[C@@H]3CC[C@H]4C[C@@](C)(O)CC[C@]4(C)[C@H]3CC[C@]12C. The van der Waals surface area contributed by atoms with Gasteiger partial charge >= 0.3 is 5.97 Å². The Hall–Kier alpha value is -1.03. The highest BCUT2D eigenvalue weighted by atomic mass is 16.5. The average Bonchev–Trinajstić information content (AvgIpc) is 2.98. The van der Waals surface area contributed by atoms with E-state index in [4.69, 9.17) is 4.74 Å². The Labute approximate surface area is 170 Å². The first-order valence-corrected chi connectivity index (χ1v) is 11.3. The number of aliphatic hydroxyl groups is 1. The second kappa shape index (κ2) is 7.04. The van der Waals surface area contributed by atoms with Crippen molar-refractivity contribution in [2.45, 2.75) is 90.3 Å². The van der Waals surface area contributed by atoms with E-state index in [1.807, 2.05) is 6.92 Å². The van der Waals surface area contributed by atoms with Crippen LogP contribution in [-0.4, -0.2) is 29.9 Å². The molecule has 0 aliphatic heterocycles. The normalized spacial score (nSPS) is 50.5. The molecule has 0 unspecified atom stereocenters. The first-order chi connectivity index (χ1) is 13.2. The van der Waals surface area contributed by atoms with Gasteiger partial charge in [-0.05, 0) is 93.8 Å². The molecule has 4 heteroatoms. The molecule has 0 amide bonds. The summed E-state index contributed by atoms with van der Waals surface area (Å²) in [5.74, 6) is 2.63. The van der Waals surface area contributed by atoms with E-state index in [0.717, 1.165) is 37.0 Å². The molecule has 1 N–H and O–H groups in total. The maximum absolute atomic E-state index is 11.3. The Morgan fingerprint density at radius 2 is 1.71 bits per heavy atom. The van der Waals surface area contributed by atoms with Gasteiger partial charge in [-0.25, -0.2) is 4.79 Å². The summed E-state index contributed by atoms with van der Waals surface area (Å²) in [6, 6.07) is 0. The fourth-order valence-corrected chi connectivity index (χ4v) is 7.86. The lowest BCUT2D eigenvalue weighted by molar-refractivity contribution is -0.151. The van der Waals surface area contributed by atoms with Crippen LogP contribution in [0.5, 0.6) is 0 Å². The van der Waals surface area contributed by atoms with Crippen LogP contribution in [0.4, 0.5) is 0 Å². The fourth-order valence-electron chi connectivity index (χ4n) is 7.86. The van der Waals surface area contributed by atoms with E-state index in [-0.39, 0.29) is 17.5 Å². The summed E-state index contributed by atoms with van der Waals surface area (Å²) < 4.78 is 10.7. The monoisotopic (exact) mass is 390 g/mol. The van der Waals surface area contributed by atoms with Gasteiger partial charge in [0.05, 0.1) is 25.0 Å². The Balaban J connectivity index is 1.49. The smallest absolute Gasteiger partial charge is 0.333 e. The molecular formula is C24H38O4. The minimum absolute atomic E-state index is 0.206. The van der Waals surface area contributed by atoms with Crippen molar-refractivity contribution in [1.29, 1.82) is 0 Å². The van der Waals surface area contributed by atoms with Gasteiger partial charge in [0.1, 0.15) is 6.10 Å². The predicted molar refractivity (Wildman–Crippen MR) is 108 cm³/mol. The third-order valence-electron chi connectivity index (χ3n) is 9.51. The van der Waals surface area contributed by atoms with Gasteiger partial charge < -0.3 is 14.6 Å². The van der Waals surface area contributed by atoms with Crippen LogP contribution in [0.25, 0.3) is 0 Å². The van der Waals surface area contributed by atoms with E-state index in [9.17, 15) is 9.90 Å². The van der Waals surface area contributed by atoms with Crippen LogP contribution >= 0.6 is 0 Å². The Kier molecular flexibility index (Phi) is 5.09. The minimum atomic E-state index is -0.460. The number of hydrogen-bond donors (Lipinski definition) is 1. The lowest BCUT2D eigenvalue weighted by atomic mass is 9.44. The molecule has 4 aliphatic carbocycles. The summed E-state index contributed by atoms with van der Waals surface area (Å²) in [5.41, 5.74) is 0.152. The van der Waals surface area contributed by atoms with Crippen molar-refractivity contribution < 1.29 is 19.4 Å². The second-order valence-electron chi connectivity index (χ2n) is 10.9. The Morgan fingerprint density at radius 3 is 2.46 bits per heavy atom. The summed E-state index contributed by atoms with van der Waals surface area (Å²) in [7, 11) is 1.39. The minimum Gasteiger partial charge on any atom is -0.497 e. The van der Waals surface area contributed by atoms with E-state index in [1.54, 1.807) is 6.26 Å². The lowest BCUT2D eigenvalue weighted by Crippen LogP contribution is -2.55. The molecule has 0 aromatic heterocycles. The highest BCUT2D eigenvalue weighted by molar-refractivity contribution is 5.81. The molecule has 4 saturated carbocycles. The van der Waals surface area contributed by atoms with Crippen molar-refractivity contribution in [2.75, 3.05) is 7.11 Å². The van der Waals surface area contributed by atoms with Gasteiger partial charge in [0, 0.05) is 5.41 Å². The van der Waals surface area contributed by atoms with E-state index in [2.05, 4.69) is 18.6 Å². The van der Waals surface area contributed by atoms with Crippen LogP contribution in [0, 0.1) is 34.5 Å². The number of carbonyl (C=O) groups excluding carboxylic acids is 1. The van der Waals surface area contributed by atoms with Crippen molar-refractivity contribution in [3.05, 3.63) is 12.3 Å². The topological polar surface area (TPSA) is 55.8 Å². The first kappa shape index (κ1) is 20.3. The average molecular weight is 391 g/mol. The molecule has 0 aromatic rings. The summed E-state index contributed by atoms with van der Waals surface area (Å²) in [5, 5.41) is 10.6. The van der Waals surface area contributed by atoms with Gasteiger partial charge in [0.25, 0.3) is 0 Å². The molecule has 4 nitrogen and oxygen atoms in total. The van der Waals surface area contributed by atoms with Crippen LogP contribution in [0.3, 0.4) is 0 Å². The Morgan fingerprint density at radius 1 is 0.964 bits per heavy atom. The summed E-state index contributed by atoms with van der Waals surface area (Å²) in [6.45, 7) is 7.00. The van der Waals surface area contributed by atoms with Crippen LogP contribution in [-0.2, 0) is 14.3 Å². The lowest BCUT2D eigenvalue weighted by Gasteiger charge is -2.61. The maximum Gasteiger partial charge on any atom is 0.333 e. The van der Waals surface area contributed by atoms with Gasteiger partial charge in [-0.2, -0.15) is 0 Å².